The summed E-state index contributed by atoms with van der Waals surface area (Å²) in [5.74, 6) is 0. The summed E-state index contributed by atoms with van der Waals surface area (Å²) >= 11 is 0. The van der Waals surface area contributed by atoms with Gasteiger partial charge in [-0.25, -0.2) is 0 Å². The first kappa shape index (κ1) is 12.7. The zero-order chi connectivity index (χ0) is 13.0. The van der Waals surface area contributed by atoms with Gasteiger partial charge in [-0.05, 0) is 31.0 Å². The van der Waals surface area contributed by atoms with E-state index in [4.69, 9.17) is 4.43 Å². The van der Waals surface area contributed by atoms with Gasteiger partial charge >= 0.3 is 0 Å². The molecule has 0 spiro atoms. The van der Waals surface area contributed by atoms with Gasteiger partial charge in [0.2, 0.25) is 0 Å². The van der Waals surface area contributed by atoms with Gasteiger partial charge in [0.25, 0.3) is 9.38 Å². The SMILES string of the molecule is C=[Si]OCc1cc(C)c(-c2cccc(C)c2)cn1. The molecule has 2 rings (SSSR count). The van der Waals surface area contributed by atoms with Gasteiger partial charge in [0.15, 0.2) is 0 Å². The molecular weight excluding hydrogens is 238 g/mol. The van der Waals surface area contributed by atoms with Crippen molar-refractivity contribution < 1.29 is 4.43 Å². The van der Waals surface area contributed by atoms with Gasteiger partial charge < -0.3 is 4.43 Å². The van der Waals surface area contributed by atoms with Crippen LogP contribution in [-0.2, 0) is 11.0 Å². The minimum atomic E-state index is 0.258. The molecule has 0 N–H and O–H groups in total. The van der Waals surface area contributed by atoms with Crippen molar-refractivity contribution in [1.82, 2.24) is 4.98 Å². The van der Waals surface area contributed by atoms with Crippen LogP contribution >= 0.6 is 0 Å². The minimum Gasteiger partial charge on any atom is -0.543 e. The quantitative estimate of drug-likeness (QED) is 0.783. The van der Waals surface area contributed by atoms with Crippen molar-refractivity contribution in [2.75, 3.05) is 0 Å². The van der Waals surface area contributed by atoms with Gasteiger partial charge in [0.1, 0.15) is 6.61 Å². The van der Waals surface area contributed by atoms with Gasteiger partial charge in [-0.15, -0.1) is 0 Å². The van der Waals surface area contributed by atoms with Crippen LogP contribution < -0.4 is 0 Å². The molecule has 0 aliphatic carbocycles. The van der Waals surface area contributed by atoms with Crippen LogP contribution in [0.2, 0.25) is 0 Å². The maximum absolute atomic E-state index is 5.29. The third kappa shape index (κ3) is 2.93. The Labute approximate surface area is 110 Å². The highest BCUT2D eigenvalue weighted by atomic mass is 28.2. The van der Waals surface area contributed by atoms with Crippen molar-refractivity contribution in [2.24, 2.45) is 0 Å². The van der Waals surface area contributed by atoms with E-state index in [0.29, 0.717) is 6.61 Å². The second-order valence-corrected chi connectivity index (χ2v) is 4.87. The number of rotatable bonds is 4. The van der Waals surface area contributed by atoms with Gasteiger partial charge in [-0.3, -0.25) is 4.98 Å². The molecule has 3 heteroatoms. The molecule has 0 aliphatic rings. The number of pyridine rings is 1. The van der Waals surface area contributed by atoms with E-state index in [1.165, 1.54) is 22.3 Å². The highest BCUT2D eigenvalue weighted by Crippen LogP contribution is 2.23. The summed E-state index contributed by atoms with van der Waals surface area (Å²) < 4.78 is 5.29. The minimum absolute atomic E-state index is 0.258. The molecule has 1 radical (unpaired) electrons. The lowest BCUT2D eigenvalue weighted by molar-refractivity contribution is 0.330. The normalized spacial score (nSPS) is 10.1. The Hall–Kier alpha value is -1.74. The van der Waals surface area contributed by atoms with E-state index in [2.05, 4.69) is 55.3 Å². The van der Waals surface area contributed by atoms with Gasteiger partial charge in [0, 0.05) is 11.8 Å². The lowest BCUT2D eigenvalue weighted by atomic mass is 10.0. The predicted octanol–water partition coefficient (Wildman–Crippen LogP) is 2.93. The lowest BCUT2D eigenvalue weighted by Gasteiger charge is -2.08. The van der Waals surface area contributed by atoms with Gasteiger partial charge in [-0.1, -0.05) is 36.0 Å². The molecule has 2 nitrogen and oxygen atoms in total. The van der Waals surface area contributed by atoms with Crippen molar-refractivity contribution in [2.45, 2.75) is 20.5 Å². The Morgan fingerprint density at radius 1 is 1.28 bits per heavy atom. The Kier molecular flexibility index (Phi) is 4.05. The monoisotopic (exact) mass is 254 g/mol. The predicted molar refractivity (Wildman–Crippen MR) is 76.8 cm³/mol. The Morgan fingerprint density at radius 3 is 2.78 bits per heavy atom. The second-order valence-electron chi connectivity index (χ2n) is 4.29. The number of aromatic nitrogens is 1. The van der Waals surface area contributed by atoms with Crippen molar-refractivity contribution in [1.29, 1.82) is 0 Å². The van der Waals surface area contributed by atoms with Crippen molar-refractivity contribution in [3.8, 4) is 11.1 Å². The summed E-state index contributed by atoms with van der Waals surface area (Å²) in [6.45, 7) is 4.75. The van der Waals surface area contributed by atoms with Crippen LogP contribution in [0.15, 0.2) is 36.5 Å². The fourth-order valence-corrected chi connectivity index (χ4v) is 2.18. The van der Waals surface area contributed by atoms with E-state index in [9.17, 15) is 0 Å². The third-order valence-corrected chi connectivity index (χ3v) is 3.17. The topological polar surface area (TPSA) is 22.1 Å². The fourth-order valence-electron chi connectivity index (χ4n) is 1.93. The van der Waals surface area contributed by atoms with E-state index in [1.54, 1.807) is 0 Å². The summed E-state index contributed by atoms with van der Waals surface area (Å²) in [6.07, 6.45) is 5.60. The molecule has 1 aromatic carbocycles. The molecule has 0 atom stereocenters. The molecule has 0 fully saturated rings. The van der Waals surface area contributed by atoms with Crippen LogP contribution in [0, 0.1) is 13.8 Å². The molecule has 18 heavy (non-hydrogen) atoms. The molecule has 0 amide bonds. The van der Waals surface area contributed by atoms with Crippen LogP contribution in [0.1, 0.15) is 16.8 Å². The Balaban J connectivity index is 2.32. The van der Waals surface area contributed by atoms with Gasteiger partial charge in [0.05, 0.1) is 5.69 Å². The van der Waals surface area contributed by atoms with Crippen molar-refractivity contribution in [3.63, 3.8) is 0 Å². The van der Waals surface area contributed by atoms with E-state index >= 15 is 0 Å². The van der Waals surface area contributed by atoms with Gasteiger partial charge in [-0.2, -0.15) is 0 Å². The summed E-state index contributed by atoms with van der Waals surface area (Å²) in [5.41, 5.74) is 5.84. The number of aryl methyl sites for hydroxylation is 2. The Morgan fingerprint density at radius 2 is 2.11 bits per heavy atom. The van der Waals surface area contributed by atoms with E-state index in [0.717, 1.165) is 5.69 Å². The largest absolute Gasteiger partial charge is 0.543 e. The zero-order valence-electron chi connectivity index (χ0n) is 10.7. The smallest absolute Gasteiger partial charge is 0.273 e. The van der Waals surface area contributed by atoms with E-state index in [-0.39, 0.29) is 9.38 Å². The number of benzene rings is 1. The molecule has 91 valence electrons. The molecule has 1 heterocycles. The fraction of sp³-hybridized carbons (Fsp3) is 0.200. The maximum atomic E-state index is 5.29. The molecule has 0 aliphatic heterocycles. The van der Waals surface area contributed by atoms with Crippen LogP contribution in [0.3, 0.4) is 0 Å². The molecular formula is C15H16NOSi. The number of hydrogen-bond donors (Lipinski definition) is 0. The zero-order valence-corrected chi connectivity index (χ0v) is 11.7. The highest BCUT2D eigenvalue weighted by Gasteiger charge is 2.04. The highest BCUT2D eigenvalue weighted by molar-refractivity contribution is 6.33. The summed E-state index contributed by atoms with van der Waals surface area (Å²) in [6, 6.07) is 10.6. The summed E-state index contributed by atoms with van der Waals surface area (Å²) in [4.78, 5) is 4.43. The van der Waals surface area contributed by atoms with Crippen LogP contribution in [0.5, 0.6) is 0 Å². The Bertz CT molecular complexity index is 566. The van der Waals surface area contributed by atoms with E-state index < -0.39 is 0 Å². The van der Waals surface area contributed by atoms with Crippen LogP contribution in [-0.4, -0.2) is 20.5 Å². The maximum Gasteiger partial charge on any atom is 0.273 e. The first-order valence-electron chi connectivity index (χ1n) is 5.87. The third-order valence-electron chi connectivity index (χ3n) is 2.82. The van der Waals surface area contributed by atoms with Crippen LogP contribution in [0.25, 0.3) is 11.1 Å². The molecule has 0 saturated carbocycles. The molecule has 0 saturated heterocycles. The average Bonchev–Trinajstić information content (AvgIpc) is 2.36. The second kappa shape index (κ2) is 5.73. The molecule has 0 bridgehead atoms. The first-order valence-corrected chi connectivity index (χ1v) is 6.98. The van der Waals surface area contributed by atoms with Crippen molar-refractivity contribution in [3.05, 3.63) is 53.3 Å². The first-order chi connectivity index (χ1) is 8.70. The molecule has 1 aromatic heterocycles. The van der Waals surface area contributed by atoms with Crippen molar-refractivity contribution >= 4 is 15.6 Å². The number of hydrogen-bond acceptors (Lipinski definition) is 2. The lowest BCUT2D eigenvalue weighted by Crippen LogP contribution is -1.97. The summed E-state index contributed by atoms with van der Waals surface area (Å²) in [7, 11) is 0.258. The average molecular weight is 254 g/mol. The molecule has 0 unspecified atom stereocenters. The molecule has 2 aromatic rings. The van der Waals surface area contributed by atoms with E-state index in [1.807, 2.05) is 6.20 Å². The number of nitrogens with zero attached hydrogens (tertiary/aromatic N) is 1. The summed E-state index contributed by atoms with van der Waals surface area (Å²) in [5, 5.41) is 0. The standard InChI is InChI=1S/C15H16NOSi/c1-11-5-4-6-13(7-11)15-9-16-14(8-12(15)2)10-17-18-3/h4-9H,3,10H2,1-2H3. The van der Waals surface area contributed by atoms with Crippen LogP contribution in [0.4, 0.5) is 0 Å².